The summed E-state index contributed by atoms with van der Waals surface area (Å²) in [5, 5.41) is 9.69. The van der Waals surface area contributed by atoms with Crippen LogP contribution in [0.5, 0.6) is 0 Å². The zero-order chi connectivity index (χ0) is 15.9. The molecule has 0 bridgehead atoms. The van der Waals surface area contributed by atoms with Gasteiger partial charge in [-0.2, -0.15) is 0 Å². The average molecular weight is 280 g/mol. The van der Waals surface area contributed by atoms with Crippen molar-refractivity contribution in [3.8, 4) is 0 Å². The Bertz CT molecular complexity index is 749. The maximum absolute atomic E-state index is 11.7. The third-order valence-electron chi connectivity index (χ3n) is 2.86. The van der Waals surface area contributed by atoms with Crippen LogP contribution in [0.3, 0.4) is 0 Å². The third kappa shape index (κ3) is 2.27. The van der Waals surface area contributed by atoms with Crippen LogP contribution < -0.4 is 0 Å². The average Bonchev–Trinajstić information content (AvgIpc) is 2.76. The summed E-state index contributed by atoms with van der Waals surface area (Å²) in [7, 11) is 1.24. The number of carboxylic acid groups (broad SMARTS) is 1. The molecule has 1 heterocycles. The highest BCUT2D eigenvalue weighted by atomic mass is 32.1. The van der Waals surface area contributed by atoms with Crippen molar-refractivity contribution in [3.05, 3.63) is 33.7 Å². The summed E-state index contributed by atoms with van der Waals surface area (Å²) in [6, 6.07) is 2.99. The van der Waals surface area contributed by atoms with Gasteiger partial charge in [0.25, 0.3) is 0 Å². The van der Waals surface area contributed by atoms with Crippen LogP contribution in [0.1, 0.15) is 40.8 Å². The molecule has 0 aliphatic rings. The van der Waals surface area contributed by atoms with Crippen LogP contribution in [-0.2, 0) is 11.3 Å². The van der Waals surface area contributed by atoms with E-state index < -0.39 is 12.5 Å². The largest absolute Gasteiger partial charge is 0.477 e. The van der Waals surface area contributed by atoms with E-state index in [1.54, 1.807) is 6.92 Å². The lowest BCUT2D eigenvalue weighted by Gasteiger charge is -2.06. The van der Waals surface area contributed by atoms with Gasteiger partial charge in [0.1, 0.15) is 4.88 Å². The smallest absolute Gasteiger partial charge is 0.346 e. The Hall–Kier alpha value is -1.72. The fraction of sp³-hybridized carbons (Fsp3) is 0.286. The Kier molecular flexibility index (Phi) is 2.99. The van der Waals surface area contributed by atoms with Crippen molar-refractivity contribution in [2.75, 3.05) is 7.11 Å². The molecule has 0 radical (unpaired) electrons. The number of hydrogen-bond donors (Lipinski definition) is 1. The number of hydrogen-bond acceptors (Lipinski definition) is 4. The number of carbonyl (C=O) groups excluding carboxylic acids is 1. The summed E-state index contributed by atoms with van der Waals surface area (Å²) < 4.78 is 21.2. The van der Waals surface area contributed by atoms with E-state index in [0.717, 1.165) is 11.3 Å². The molecule has 4 nitrogen and oxygen atoms in total. The van der Waals surface area contributed by atoms with Gasteiger partial charge in [0.15, 0.2) is 5.78 Å². The van der Waals surface area contributed by atoms with Gasteiger partial charge >= 0.3 is 5.97 Å². The number of ether oxygens (including phenoxy) is 1. The van der Waals surface area contributed by atoms with Crippen LogP contribution >= 0.6 is 11.3 Å². The van der Waals surface area contributed by atoms with Gasteiger partial charge in [-0.1, -0.05) is 6.07 Å². The van der Waals surface area contributed by atoms with Gasteiger partial charge < -0.3 is 9.84 Å². The lowest BCUT2D eigenvalue weighted by Crippen LogP contribution is -1.97. The molecule has 0 saturated carbocycles. The number of thiophene rings is 1. The number of aromatic carboxylic acids is 1. The highest BCUT2D eigenvalue weighted by molar-refractivity contribution is 7.21. The number of carboxylic acids is 1. The molecule has 0 aliphatic carbocycles. The van der Waals surface area contributed by atoms with E-state index in [1.165, 1.54) is 26.2 Å². The Morgan fingerprint density at radius 1 is 1.47 bits per heavy atom. The number of fused-ring (bicyclic) bond motifs is 1. The number of rotatable bonds is 4. The molecule has 0 amide bonds. The molecule has 0 atom stereocenters. The van der Waals surface area contributed by atoms with Gasteiger partial charge in [-0.05, 0) is 31.0 Å². The Balaban J connectivity index is 2.95. The Morgan fingerprint density at radius 2 is 2.16 bits per heavy atom. The molecule has 0 fully saturated rings. The van der Waals surface area contributed by atoms with Crippen molar-refractivity contribution in [1.29, 1.82) is 0 Å². The highest BCUT2D eigenvalue weighted by Crippen LogP contribution is 2.36. The van der Waals surface area contributed by atoms with Crippen LogP contribution in [0.25, 0.3) is 10.1 Å². The lowest BCUT2D eigenvalue weighted by molar-refractivity contribution is 0.0701. The van der Waals surface area contributed by atoms with Gasteiger partial charge in [0.05, 0.1) is 9.30 Å². The predicted octanol–water partition coefficient (Wildman–Crippen LogP) is 3.26. The van der Waals surface area contributed by atoms with Crippen molar-refractivity contribution < 1.29 is 22.2 Å². The number of carbonyl (C=O) groups is 2. The van der Waals surface area contributed by atoms with Crippen LogP contribution in [0.4, 0.5) is 0 Å². The zero-order valence-electron chi connectivity index (χ0n) is 12.7. The van der Waals surface area contributed by atoms with Gasteiger partial charge in [0, 0.05) is 22.8 Å². The molecule has 1 aromatic heterocycles. The molecule has 0 unspecified atom stereocenters. The summed E-state index contributed by atoms with van der Waals surface area (Å²) in [5.41, 5.74) is 1.06. The molecule has 0 saturated heterocycles. The molecule has 1 aromatic carbocycles. The number of benzene rings is 1. The van der Waals surface area contributed by atoms with Crippen molar-refractivity contribution in [3.63, 3.8) is 0 Å². The van der Waals surface area contributed by atoms with Crippen LogP contribution in [-0.4, -0.2) is 24.0 Å². The van der Waals surface area contributed by atoms with Crippen molar-refractivity contribution in [2.24, 2.45) is 0 Å². The summed E-state index contributed by atoms with van der Waals surface area (Å²) >= 11 is 0.985. The van der Waals surface area contributed by atoms with E-state index in [-0.39, 0.29) is 16.2 Å². The van der Waals surface area contributed by atoms with E-state index in [4.69, 9.17) is 7.48 Å². The normalized spacial score (nSPS) is 13.2. The van der Waals surface area contributed by atoms with Crippen molar-refractivity contribution >= 4 is 33.2 Å². The number of aryl methyl sites for hydroxylation is 1. The molecule has 5 heteroatoms. The summed E-state index contributed by atoms with van der Waals surface area (Å²) in [4.78, 5) is 23.1. The summed E-state index contributed by atoms with van der Waals surface area (Å²) in [6.07, 6.45) is 0. The maximum Gasteiger partial charge on any atom is 0.346 e. The fourth-order valence-electron chi connectivity index (χ4n) is 2.03. The van der Waals surface area contributed by atoms with Crippen LogP contribution in [0.2, 0.25) is 0 Å². The first kappa shape index (κ1) is 11.1. The van der Waals surface area contributed by atoms with Crippen LogP contribution in [0, 0.1) is 6.92 Å². The minimum absolute atomic E-state index is 0.104. The minimum Gasteiger partial charge on any atom is -0.477 e. The Labute approximate surface area is 117 Å². The van der Waals surface area contributed by atoms with Gasteiger partial charge in [-0.3, -0.25) is 4.79 Å². The van der Waals surface area contributed by atoms with Gasteiger partial charge in [-0.15, -0.1) is 11.3 Å². The first-order valence-corrected chi connectivity index (χ1v) is 6.38. The first-order valence-electron chi connectivity index (χ1n) is 6.56. The Morgan fingerprint density at radius 3 is 2.68 bits per heavy atom. The van der Waals surface area contributed by atoms with Crippen LogP contribution in [0.15, 0.2) is 12.1 Å². The molecule has 0 aliphatic heterocycles. The summed E-state index contributed by atoms with van der Waals surface area (Å²) in [6.45, 7) is 0.950. The minimum atomic E-state index is -2.06. The van der Waals surface area contributed by atoms with Crippen molar-refractivity contribution in [1.82, 2.24) is 0 Å². The van der Waals surface area contributed by atoms with Crippen molar-refractivity contribution in [2.45, 2.75) is 20.4 Å². The number of ketones is 1. The first-order chi connectivity index (χ1) is 9.70. The van der Waals surface area contributed by atoms with E-state index in [9.17, 15) is 14.7 Å². The topological polar surface area (TPSA) is 63.6 Å². The number of Topliss-reactive ketones (excluding diaryl/α,β-unsaturated/α-hetero) is 1. The molecular formula is C14H14O4S. The molecule has 1 N–H and O–H groups in total. The second-order valence-electron chi connectivity index (χ2n) is 4.09. The third-order valence-corrected chi connectivity index (χ3v) is 4.18. The lowest BCUT2D eigenvalue weighted by atomic mass is 10.0. The zero-order valence-corrected chi connectivity index (χ0v) is 11.6. The van der Waals surface area contributed by atoms with E-state index in [1.807, 2.05) is 0 Å². The predicted molar refractivity (Wildman–Crippen MR) is 74.2 cm³/mol. The van der Waals surface area contributed by atoms with Gasteiger partial charge in [0.2, 0.25) is 0 Å². The molecule has 2 rings (SSSR count). The molecule has 0 spiro atoms. The second-order valence-corrected chi connectivity index (χ2v) is 5.11. The van der Waals surface area contributed by atoms with E-state index in [0.29, 0.717) is 21.2 Å². The quantitative estimate of drug-likeness (QED) is 0.873. The second kappa shape index (κ2) is 5.11. The maximum atomic E-state index is 11.7. The van der Waals surface area contributed by atoms with E-state index in [2.05, 4.69) is 0 Å². The molecule has 2 aromatic rings. The molecule has 100 valence electrons. The SMILES string of the molecule is [2H]C([2H])(OC)c1ccc(C(C)=O)c2sc(C(=O)O)c(C)c12. The van der Waals surface area contributed by atoms with E-state index >= 15 is 0 Å². The molecular weight excluding hydrogens is 264 g/mol. The monoisotopic (exact) mass is 280 g/mol. The fourth-order valence-corrected chi connectivity index (χ4v) is 3.26. The summed E-state index contributed by atoms with van der Waals surface area (Å²) in [5.74, 6) is -1.28. The standard InChI is InChI=1S/C14H14O4S/c1-7-11-9(6-18-3)4-5-10(8(2)15)13(11)19-12(7)14(16)17/h4-5H,6H2,1-3H3,(H,16,17)/i6D2. The van der Waals surface area contributed by atoms with Gasteiger partial charge in [-0.25, -0.2) is 4.79 Å². The highest BCUT2D eigenvalue weighted by Gasteiger charge is 2.20. The molecule has 19 heavy (non-hydrogen) atoms. The number of methoxy groups -OCH3 is 1.